The van der Waals surface area contributed by atoms with Crippen LogP contribution in [0, 0.1) is 11.3 Å². The largest absolute Gasteiger partial charge is 0.497 e. The van der Waals surface area contributed by atoms with E-state index in [2.05, 4.69) is 21.3 Å². The van der Waals surface area contributed by atoms with Crippen molar-refractivity contribution in [3.63, 3.8) is 0 Å². The van der Waals surface area contributed by atoms with Gasteiger partial charge >= 0.3 is 0 Å². The Kier molecular flexibility index (Phi) is 7.03. The maximum Gasteiger partial charge on any atom is 0.148 e. The van der Waals surface area contributed by atoms with Gasteiger partial charge in [0.05, 0.1) is 42.7 Å². The number of halogens is 1. The van der Waals surface area contributed by atoms with E-state index in [1.54, 1.807) is 25.4 Å². The predicted octanol–water partition coefficient (Wildman–Crippen LogP) is 5.32. The number of nitrogens with one attached hydrogen (secondary N) is 1. The van der Waals surface area contributed by atoms with Crippen molar-refractivity contribution in [2.24, 2.45) is 0 Å². The van der Waals surface area contributed by atoms with Crippen molar-refractivity contribution < 1.29 is 14.2 Å². The summed E-state index contributed by atoms with van der Waals surface area (Å²) in [5, 5.41) is 13.7. The van der Waals surface area contributed by atoms with Crippen LogP contribution in [0.15, 0.2) is 60.8 Å². The fourth-order valence-electron chi connectivity index (χ4n) is 3.96. The lowest BCUT2D eigenvalue weighted by molar-refractivity contribution is 0.122. The molecule has 1 N–H and O–H groups in total. The number of nitrogens with zero attached hydrogens (tertiary/aromatic N) is 4. The topological polar surface area (TPSA) is 92.5 Å². The van der Waals surface area contributed by atoms with Crippen molar-refractivity contribution in [1.29, 1.82) is 5.26 Å². The molecule has 0 amide bonds. The van der Waals surface area contributed by atoms with Crippen molar-refractivity contribution in [3.8, 4) is 17.6 Å². The lowest BCUT2D eigenvalue weighted by Crippen LogP contribution is -2.36. The summed E-state index contributed by atoms with van der Waals surface area (Å²) in [6.07, 6.45) is 1.74. The molecule has 0 aliphatic carbocycles. The first-order valence-electron chi connectivity index (χ1n) is 11.5. The van der Waals surface area contributed by atoms with Crippen LogP contribution in [0.5, 0.6) is 11.5 Å². The zero-order valence-corrected chi connectivity index (χ0v) is 20.5. The monoisotopic (exact) mass is 501 g/mol. The van der Waals surface area contributed by atoms with Gasteiger partial charge in [0.1, 0.15) is 41.1 Å². The Morgan fingerprint density at radius 3 is 2.64 bits per heavy atom. The molecular formula is C27H24ClN5O3. The van der Waals surface area contributed by atoms with Gasteiger partial charge in [0, 0.05) is 18.8 Å². The highest BCUT2D eigenvalue weighted by molar-refractivity contribution is 6.32. The van der Waals surface area contributed by atoms with Gasteiger partial charge in [0.2, 0.25) is 0 Å². The van der Waals surface area contributed by atoms with Gasteiger partial charge in [-0.25, -0.2) is 4.98 Å². The molecule has 0 unspecified atom stereocenters. The second kappa shape index (κ2) is 10.7. The maximum absolute atomic E-state index is 9.96. The fraction of sp³-hybridized carbons (Fsp3) is 0.222. The summed E-state index contributed by atoms with van der Waals surface area (Å²) in [7, 11) is 1.63. The number of fused-ring (bicyclic) bond motifs is 1. The zero-order valence-electron chi connectivity index (χ0n) is 19.7. The van der Waals surface area contributed by atoms with Crippen molar-refractivity contribution in [2.75, 3.05) is 43.6 Å². The molecule has 0 saturated carbocycles. The minimum atomic E-state index is 0.379. The summed E-state index contributed by atoms with van der Waals surface area (Å²) in [5.74, 6) is 2.10. The van der Waals surface area contributed by atoms with Gasteiger partial charge in [-0.15, -0.1) is 0 Å². The number of aromatic nitrogens is 2. The van der Waals surface area contributed by atoms with Crippen molar-refractivity contribution in [3.05, 3.63) is 76.9 Å². The molecule has 0 spiro atoms. The highest BCUT2D eigenvalue weighted by Crippen LogP contribution is 2.32. The van der Waals surface area contributed by atoms with Crippen LogP contribution in [-0.4, -0.2) is 43.4 Å². The van der Waals surface area contributed by atoms with E-state index in [9.17, 15) is 5.26 Å². The fourth-order valence-corrected chi connectivity index (χ4v) is 4.20. The number of methoxy groups -OCH3 is 1. The normalized spacial score (nSPS) is 13.3. The minimum Gasteiger partial charge on any atom is -0.497 e. The van der Waals surface area contributed by atoms with Gasteiger partial charge in [-0.2, -0.15) is 5.26 Å². The molecule has 1 aliphatic rings. The number of hydrogen-bond donors (Lipinski definition) is 1. The standard InChI is InChI=1S/C27H24ClN5O3/c1-34-20-5-2-18(3-6-20)17-36-25-9-4-19(14-22(25)28)31-23-7-8-24-27(21(23)15-29)32-26(16-30-24)33-10-12-35-13-11-33/h2-9,14,16,31H,10-13,17H2,1H3. The van der Waals surface area contributed by atoms with Crippen LogP contribution in [-0.2, 0) is 11.3 Å². The summed E-state index contributed by atoms with van der Waals surface area (Å²) in [4.78, 5) is 11.4. The molecule has 8 nitrogen and oxygen atoms in total. The summed E-state index contributed by atoms with van der Waals surface area (Å²) in [5.41, 5.74) is 3.99. The second-order valence-corrected chi connectivity index (χ2v) is 8.61. The van der Waals surface area contributed by atoms with Gasteiger partial charge < -0.3 is 24.4 Å². The summed E-state index contributed by atoms with van der Waals surface area (Å²) < 4.78 is 16.5. The molecule has 1 aromatic heterocycles. The summed E-state index contributed by atoms with van der Waals surface area (Å²) in [6, 6.07) is 19.1. The van der Waals surface area contributed by atoms with Gasteiger partial charge in [-0.05, 0) is 48.0 Å². The summed E-state index contributed by atoms with van der Waals surface area (Å²) >= 11 is 6.50. The lowest BCUT2D eigenvalue weighted by atomic mass is 10.1. The van der Waals surface area contributed by atoms with Crippen molar-refractivity contribution >= 4 is 39.8 Å². The lowest BCUT2D eigenvalue weighted by Gasteiger charge is -2.27. The van der Waals surface area contributed by atoms with E-state index < -0.39 is 0 Å². The number of morpholine rings is 1. The number of nitriles is 1. The molecule has 3 aromatic carbocycles. The molecule has 5 rings (SSSR count). The van der Waals surface area contributed by atoms with Crippen LogP contribution in [0.4, 0.5) is 17.2 Å². The average molecular weight is 502 g/mol. The second-order valence-electron chi connectivity index (χ2n) is 8.20. The van der Waals surface area contributed by atoms with E-state index in [1.807, 2.05) is 42.5 Å². The number of ether oxygens (including phenoxy) is 3. The molecule has 36 heavy (non-hydrogen) atoms. The van der Waals surface area contributed by atoms with Gasteiger partial charge in [-0.3, -0.25) is 4.98 Å². The Morgan fingerprint density at radius 2 is 1.92 bits per heavy atom. The Balaban J connectivity index is 1.34. The Labute approximate surface area is 214 Å². The Bertz CT molecular complexity index is 1420. The predicted molar refractivity (Wildman–Crippen MR) is 139 cm³/mol. The minimum absolute atomic E-state index is 0.379. The van der Waals surface area contributed by atoms with E-state index in [4.69, 9.17) is 30.8 Å². The first-order chi connectivity index (χ1) is 17.6. The number of benzene rings is 3. The molecule has 182 valence electrons. The molecular weight excluding hydrogens is 478 g/mol. The van der Waals surface area contributed by atoms with Crippen molar-refractivity contribution in [2.45, 2.75) is 6.61 Å². The first kappa shape index (κ1) is 23.7. The molecule has 2 heterocycles. The molecule has 0 atom stereocenters. The smallest absolute Gasteiger partial charge is 0.148 e. The number of hydrogen-bond acceptors (Lipinski definition) is 8. The average Bonchev–Trinajstić information content (AvgIpc) is 2.93. The molecule has 0 radical (unpaired) electrons. The van der Waals surface area contributed by atoms with Crippen LogP contribution >= 0.6 is 11.6 Å². The highest BCUT2D eigenvalue weighted by Gasteiger charge is 2.16. The van der Waals surface area contributed by atoms with Gasteiger partial charge in [0.25, 0.3) is 0 Å². The van der Waals surface area contributed by atoms with Crippen molar-refractivity contribution in [1.82, 2.24) is 9.97 Å². The zero-order chi connectivity index (χ0) is 24.9. The number of rotatable bonds is 7. The van der Waals surface area contributed by atoms with E-state index >= 15 is 0 Å². The summed E-state index contributed by atoms with van der Waals surface area (Å²) in [6.45, 7) is 3.15. The quantitative estimate of drug-likeness (QED) is 0.363. The highest BCUT2D eigenvalue weighted by atomic mass is 35.5. The van der Waals surface area contributed by atoms with Gasteiger partial charge in [-0.1, -0.05) is 23.7 Å². The van der Waals surface area contributed by atoms with Crippen LogP contribution in [0.3, 0.4) is 0 Å². The van der Waals surface area contributed by atoms with E-state index in [-0.39, 0.29) is 0 Å². The molecule has 1 fully saturated rings. The van der Waals surface area contributed by atoms with E-state index in [0.717, 1.165) is 35.9 Å². The third kappa shape index (κ3) is 5.13. The molecule has 1 aliphatic heterocycles. The number of anilines is 3. The molecule has 9 heteroatoms. The van der Waals surface area contributed by atoms with E-state index in [1.165, 1.54) is 0 Å². The third-order valence-electron chi connectivity index (χ3n) is 5.91. The molecule has 0 bridgehead atoms. The molecule has 1 saturated heterocycles. The molecule has 4 aromatic rings. The SMILES string of the molecule is COc1ccc(COc2ccc(Nc3ccc4ncc(N5CCOCC5)nc4c3C#N)cc2Cl)cc1. The van der Waals surface area contributed by atoms with Crippen LogP contribution < -0.4 is 19.7 Å². The van der Waals surface area contributed by atoms with Crippen LogP contribution in [0.1, 0.15) is 11.1 Å². The Hall–Kier alpha value is -4.06. The Morgan fingerprint density at radius 1 is 1.11 bits per heavy atom. The van der Waals surface area contributed by atoms with Gasteiger partial charge in [0.15, 0.2) is 0 Å². The maximum atomic E-state index is 9.96. The van der Waals surface area contributed by atoms with E-state index in [0.29, 0.717) is 52.9 Å². The van der Waals surface area contributed by atoms with Crippen LogP contribution in [0.25, 0.3) is 11.0 Å². The third-order valence-corrected chi connectivity index (χ3v) is 6.21. The van der Waals surface area contributed by atoms with Crippen LogP contribution in [0.2, 0.25) is 5.02 Å². The first-order valence-corrected chi connectivity index (χ1v) is 11.9.